The van der Waals surface area contributed by atoms with Gasteiger partial charge in [-0.15, -0.1) is 0 Å². The predicted octanol–water partition coefficient (Wildman–Crippen LogP) is 0.498. The smallest absolute Gasteiger partial charge is 0.340 e. The van der Waals surface area contributed by atoms with E-state index in [1.165, 1.54) is 0 Å². The van der Waals surface area contributed by atoms with Gasteiger partial charge in [0.15, 0.2) is 17.2 Å². The topological polar surface area (TPSA) is 166 Å². The van der Waals surface area contributed by atoms with Crippen LogP contribution in [0, 0.1) is 0 Å². The number of esters is 1. The van der Waals surface area contributed by atoms with E-state index in [2.05, 4.69) is 0 Å². The second kappa shape index (κ2) is 10.4. The molecule has 1 heterocycles. The van der Waals surface area contributed by atoms with Gasteiger partial charge in [-0.25, -0.2) is 4.79 Å². The third kappa shape index (κ3) is 5.55. The molecule has 2 aromatic rings. The van der Waals surface area contributed by atoms with Gasteiger partial charge in [0, 0.05) is 0 Å². The lowest BCUT2D eigenvalue weighted by Gasteiger charge is -2.39. The molecule has 10 heteroatoms. The fourth-order valence-corrected chi connectivity index (χ4v) is 3.05. The van der Waals surface area contributed by atoms with Crippen LogP contribution < -0.4 is 0 Å². The van der Waals surface area contributed by atoms with Gasteiger partial charge in [0.05, 0.1) is 18.8 Å². The maximum atomic E-state index is 12.3. The van der Waals surface area contributed by atoms with Crippen molar-refractivity contribution in [3.8, 4) is 17.2 Å². The first-order valence-electron chi connectivity index (χ1n) is 9.73. The van der Waals surface area contributed by atoms with Gasteiger partial charge < -0.3 is 44.8 Å². The van der Waals surface area contributed by atoms with Crippen LogP contribution in [0.25, 0.3) is 6.08 Å². The normalized spacial score (nSPS) is 25.7. The number of benzene rings is 2. The van der Waals surface area contributed by atoms with Gasteiger partial charge in [-0.1, -0.05) is 42.5 Å². The van der Waals surface area contributed by atoms with E-state index in [0.29, 0.717) is 0 Å². The van der Waals surface area contributed by atoms with Gasteiger partial charge in [0.1, 0.15) is 24.4 Å². The Bertz CT molecular complexity index is 922. The van der Waals surface area contributed by atoms with E-state index in [4.69, 9.17) is 14.2 Å². The van der Waals surface area contributed by atoms with Crippen molar-refractivity contribution in [2.45, 2.75) is 30.7 Å². The molecule has 0 amide bonds. The van der Waals surface area contributed by atoms with Crippen LogP contribution >= 0.6 is 0 Å². The van der Waals surface area contributed by atoms with E-state index in [1.54, 1.807) is 6.08 Å². The molecule has 2 aromatic carbocycles. The molecule has 3 rings (SSSR count). The molecule has 0 spiro atoms. The molecule has 32 heavy (non-hydrogen) atoms. The second-order valence-corrected chi connectivity index (χ2v) is 7.13. The van der Waals surface area contributed by atoms with Gasteiger partial charge in [-0.2, -0.15) is 0 Å². The second-order valence-electron chi connectivity index (χ2n) is 7.13. The highest BCUT2D eigenvalue weighted by Gasteiger charge is 2.45. The van der Waals surface area contributed by atoms with E-state index >= 15 is 0 Å². The van der Waals surface area contributed by atoms with Crippen molar-refractivity contribution in [3.63, 3.8) is 0 Å². The summed E-state index contributed by atoms with van der Waals surface area (Å²) in [4.78, 5) is 12.3. The number of phenols is 3. The third-order valence-corrected chi connectivity index (χ3v) is 4.80. The predicted molar refractivity (Wildman–Crippen MR) is 110 cm³/mol. The van der Waals surface area contributed by atoms with Gasteiger partial charge in [-0.05, 0) is 17.7 Å². The molecule has 1 saturated heterocycles. The number of carbonyl (C=O) groups excluding carboxylic acids is 1. The number of carbonyl (C=O) groups is 1. The number of aliphatic hydroxyl groups excluding tert-OH is 3. The van der Waals surface area contributed by atoms with Crippen LogP contribution in [0.15, 0.2) is 48.5 Å². The molecule has 0 bridgehead atoms. The fraction of sp³-hybridized carbons (Fsp3) is 0.318. The Balaban J connectivity index is 1.58. The Hall–Kier alpha value is -3.15. The highest BCUT2D eigenvalue weighted by atomic mass is 16.7. The summed E-state index contributed by atoms with van der Waals surface area (Å²) in [6, 6.07) is 11.2. The van der Waals surface area contributed by atoms with Crippen LogP contribution in [0.2, 0.25) is 0 Å². The lowest BCUT2D eigenvalue weighted by Crippen LogP contribution is -2.59. The van der Waals surface area contributed by atoms with Crippen LogP contribution in [0.3, 0.4) is 0 Å². The molecule has 1 aliphatic rings. The summed E-state index contributed by atoms with van der Waals surface area (Å²) >= 11 is 0. The average molecular weight is 448 g/mol. The molecule has 1 aliphatic heterocycles. The summed E-state index contributed by atoms with van der Waals surface area (Å²) in [5.74, 6) is -3.44. The maximum Gasteiger partial charge on any atom is 0.340 e. The van der Waals surface area contributed by atoms with Gasteiger partial charge in [-0.3, -0.25) is 0 Å². The largest absolute Gasteiger partial charge is 0.504 e. The zero-order valence-corrected chi connectivity index (χ0v) is 16.8. The first-order valence-corrected chi connectivity index (χ1v) is 9.73. The molecular weight excluding hydrogens is 424 g/mol. The molecule has 0 radical (unpaired) electrons. The number of ether oxygens (including phenoxy) is 3. The van der Waals surface area contributed by atoms with Crippen LogP contribution in [0.1, 0.15) is 15.9 Å². The number of phenolic OH excluding ortho intramolecular Hbond substituents is 3. The lowest BCUT2D eigenvalue weighted by atomic mass is 9.99. The molecule has 172 valence electrons. The highest BCUT2D eigenvalue weighted by molar-refractivity contribution is 5.91. The molecule has 0 aliphatic carbocycles. The Morgan fingerprint density at radius 3 is 2.28 bits per heavy atom. The summed E-state index contributed by atoms with van der Waals surface area (Å²) in [5.41, 5.74) is 0.634. The van der Waals surface area contributed by atoms with Crippen molar-refractivity contribution in [1.82, 2.24) is 0 Å². The molecule has 10 nitrogen and oxygen atoms in total. The Labute approximate surface area is 183 Å². The highest BCUT2D eigenvalue weighted by Crippen LogP contribution is 2.36. The minimum absolute atomic E-state index is 0.168. The minimum Gasteiger partial charge on any atom is -0.504 e. The summed E-state index contributed by atoms with van der Waals surface area (Å²) < 4.78 is 15.8. The van der Waals surface area contributed by atoms with Gasteiger partial charge in [0.25, 0.3) is 0 Å². The lowest BCUT2D eigenvalue weighted by molar-refractivity contribution is -0.286. The standard InChI is InChI=1S/C22H24O10/c23-14-9-13(10-15(24)17(14)25)21(29)32-22-20(28)19(27)18(26)16(31-22)11-30-8-4-7-12-5-2-1-3-6-12/h1-7,9-10,16,18-20,22-28H,8,11H2/t16-,18-,19+,20-,22+/m1/s1. The van der Waals surface area contributed by atoms with E-state index < -0.39 is 53.9 Å². The van der Waals surface area contributed by atoms with Crippen LogP contribution in [0.5, 0.6) is 17.2 Å². The maximum absolute atomic E-state index is 12.3. The van der Waals surface area contributed by atoms with Crippen molar-refractivity contribution in [2.24, 2.45) is 0 Å². The van der Waals surface area contributed by atoms with Crippen molar-refractivity contribution < 1.29 is 49.6 Å². The van der Waals surface area contributed by atoms with E-state index in [9.17, 15) is 35.4 Å². The number of hydrogen-bond donors (Lipinski definition) is 6. The number of rotatable bonds is 7. The summed E-state index contributed by atoms with van der Waals surface area (Å²) in [5, 5.41) is 58.8. The Morgan fingerprint density at radius 2 is 1.62 bits per heavy atom. The molecule has 0 saturated carbocycles. The zero-order chi connectivity index (χ0) is 23.3. The Kier molecular flexibility index (Phi) is 7.67. The van der Waals surface area contributed by atoms with Gasteiger partial charge >= 0.3 is 5.97 Å². The molecular formula is C22H24O10. The minimum atomic E-state index is -1.76. The molecule has 0 aromatic heterocycles. The van der Waals surface area contributed by atoms with Crippen molar-refractivity contribution in [3.05, 3.63) is 59.7 Å². The molecule has 6 N–H and O–H groups in total. The summed E-state index contributed by atoms with van der Waals surface area (Å²) in [7, 11) is 0. The van der Waals surface area contributed by atoms with E-state index in [1.807, 2.05) is 36.4 Å². The fourth-order valence-electron chi connectivity index (χ4n) is 3.05. The van der Waals surface area contributed by atoms with Crippen molar-refractivity contribution in [1.29, 1.82) is 0 Å². The van der Waals surface area contributed by atoms with Crippen LogP contribution in [0.4, 0.5) is 0 Å². The molecule has 1 fully saturated rings. The van der Waals surface area contributed by atoms with Crippen molar-refractivity contribution in [2.75, 3.05) is 13.2 Å². The Morgan fingerprint density at radius 1 is 0.969 bits per heavy atom. The van der Waals surface area contributed by atoms with Crippen LogP contribution in [-0.4, -0.2) is 80.5 Å². The third-order valence-electron chi connectivity index (χ3n) is 4.80. The number of aromatic hydroxyl groups is 3. The summed E-state index contributed by atoms with van der Waals surface area (Å²) in [6.07, 6.45) is -4.13. The monoisotopic (exact) mass is 448 g/mol. The van der Waals surface area contributed by atoms with Gasteiger partial charge in [0.2, 0.25) is 6.29 Å². The zero-order valence-electron chi connectivity index (χ0n) is 16.8. The first-order chi connectivity index (χ1) is 15.3. The van der Waals surface area contributed by atoms with Crippen molar-refractivity contribution >= 4 is 12.0 Å². The average Bonchev–Trinajstić information content (AvgIpc) is 2.78. The quantitative estimate of drug-likeness (QED) is 0.199. The number of hydrogen-bond acceptors (Lipinski definition) is 10. The summed E-state index contributed by atoms with van der Waals surface area (Å²) in [6.45, 7) is 0.00948. The van der Waals surface area contributed by atoms with Crippen LogP contribution in [-0.2, 0) is 14.2 Å². The molecule has 0 unspecified atom stereocenters. The molecule has 5 atom stereocenters. The first kappa shape index (κ1) is 23.5. The SMILES string of the molecule is O=C(O[C@@H]1O[C@H](COCC=Cc2ccccc2)[C@@H](O)[C@H](O)[C@H]1O)c1cc(O)c(O)c(O)c1. The van der Waals surface area contributed by atoms with E-state index in [0.717, 1.165) is 17.7 Å². The van der Waals surface area contributed by atoms with E-state index in [-0.39, 0.29) is 18.8 Å². The number of aliphatic hydroxyl groups is 3.